The molecular formula is C21H25ClN2O4. The van der Waals surface area contributed by atoms with Crippen LogP contribution in [0, 0.1) is 0 Å². The van der Waals surface area contributed by atoms with Crippen molar-refractivity contribution < 1.29 is 19.1 Å². The Kier molecular flexibility index (Phi) is 8.14. The number of ether oxygens (including phenoxy) is 2. The highest BCUT2D eigenvalue weighted by molar-refractivity contribution is 6.30. The number of likely N-dealkylation sites (N-methyl/N-ethyl adjacent to an activating group) is 1. The molecule has 0 saturated heterocycles. The first-order valence-electron chi connectivity index (χ1n) is 9.01. The second-order valence-electron chi connectivity index (χ2n) is 6.13. The largest absolute Gasteiger partial charge is 0.493 e. The number of carbonyl (C=O) groups excluding carboxylic acids is 2. The Bertz CT molecular complexity index is 795. The molecule has 0 aromatic heterocycles. The van der Waals surface area contributed by atoms with E-state index in [-0.39, 0.29) is 25.0 Å². The molecule has 7 heteroatoms. The lowest BCUT2D eigenvalue weighted by atomic mass is 10.1. The van der Waals surface area contributed by atoms with E-state index in [9.17, 15) is 9.59 Å². The molecule has 2 aromatic carbocycles. The Morgan fingerprint density at radius 1 is 1.11 bits per heavy atom. The maximum atomic E-state index is 13.0. The normalized spacial score (nSPS) is 11.4. The second-order valence-corrected chi connectivity index (χ2v) is 6.56. The number of rotatable bonds is 9. The summed E-state index contributed by atoms with van der Waals surface area (Å²) in [5.41, 5.74) is 0.873. The Morgan fingerprint density at radius 2 is 1.75 bits per heavy atom. The van der Waals surface area contributed by atoms with Gasteiger partial charge < -0.3 is 19.7 Å². The highest BCUT2D eigenvalue weighted by Gasteiger charge is 2.28. The molecule has 1 N–H and O–H groups in total. The zero-order valence-corrected chi connectivity index (χ0v) is 17.0. The molecule has 150 valence electrons. The molecule has 0 radical (unpaired) electrons. The minimum absolute atomic E-state index is 0.207. The van der Waals surface area contributed by atoms with Crippen molar-refractivity contribution in [2.45, 2.75) is 25.9 Å². The maximum absolute atomic E-state index is 13.0. The number of para-hydroxylation sites is 2. The number of amides is 2. The van der Waals surface area contributed by atoms with Gasteiger partial charge in [-0.1, -0.05) is 42.8 Å². The predicted molar refractivity (Wildman–Crippen MR) is 109 cm³/mol. The van der Waals surface area contributed by atoms with Gasteiger partial charge in [-0.05, 0) is 36.2 Å². The van der Waals surface area contributed by atoms with E-state index < -0.39 is 6.04 Å². The van der Waals surface area contributed by atoms with Crippen molar-refractivity contribution in [3.8, 4) is 11.5 Å². The monoisotopic (exact) mass is 404 g/mol. The quantitative estimate of drug-likeness (QED) is 0.696. The van der Waals surface area contributed by atoms with Gasteiger partial charge in [-0.25, -0.2) is 0 Å². The molecule has 0 aliphatic carbocycles. The number of methoxy groups -OCH3 is 1. The lowest BCUT2D eigenvalue weighted by Crippen LogP contribution is -2.49. The zero-order chi connectivity index (χ0) is 20.5. The molecule has 0 heterocycles. The average Bonchev–Trinajstić information content (AvgIpc) is 2.73. The summed E-state index contributed by atoms with van der Waals surface area (Å²) in [6.07, 6.45) is 0.480. The molecule has 0 unspecified atom stereocenters. The molecule has 0 fully saturated rings. The Balaban J connectivity index is 2.19. The minimum atomic E-state index is -0.602. The average molecular weight is 405 g/mol. The highest BCUT2D eigenvalue weighted by Crippen LogP contribution is 2.26. The van der Waals surface area contributed by atoms with Gasteiger partial charge in [0.1, 0.15) is 6.04 Å². The van der Waals surface area contributed by atoms with E-state index in [2.05, 4.69) is 5.32 Å². The van der Waals surface area contributed by atoms with E-state index in [1.807, 2.05) is 25.1 Å². The number of hydrogen-bond acceptors (Lipinski definition) is 4. The number of halogens is 1. The number of hydrogen-bond donors (Lipinski definition) is 1. The first-order valence-corrected chi connectivity index (χ1v) is 9.39. The van der Waals surface area contributed by atoms with Crippen molar-refractivity contribution in [3.05, 3.63) is 59.1 Å². The molecular weight excluding hydrogens is 380 g/mol. The van der Waals surface area contributed by atoms with Gasteiger partial charge in [0.2, 0.25) is 5.91 Å². The molecule has 2 rings (SSSR count). The van der Waals surface area contributed by atoms with Crippen LogP contribution in [-0.4, -0.2) is 43.5 Å². The zero-order valence-electron chi connectivity index (χ0n) is 16.3. The van der Waals surface area contributed by atoms with Crippen LogP contribution < -0.4 is 14.8 Å². The van der Waals surface area contributed by atoms with Gasteiger partial charge in [-0.3, -0.25) is 9.59 Å². The van der Waals surface area contributed by atoms with Crippen molar-refractivity contribution >= 4 is 23.4 Å². The van der Waals surface area contributed by atoms with Crippen LogP contribution in [0.1, 0.15) is 18.9 Å². The maximum Gasteiger partial charge on any atom is 0.261 e. The van der Waals surface area contributed by atoms with Crippen LogP contribution in [0.5, 0.6) is 11.5 Å². The Labute approximate surface area is 170 Å². The van der Waals surface area contributed by atoms with Gasteiger partial charge in [0.05, 0.1) is 7.11 Å². The van der Waals surface area contributed by atoms with Crippen molar-refractivity contribution in [1.29, 1.82) is 0 Å². The van der Waals surface area contributed by atoms with Crippen LogP contribution in [0.2, 0.25) is 5.02 Å². The molecule has 1 atom stereocenters. The van der Waals surface area contributed by atoms with E-state index in [0.29, 0.717) is 22.9 Å². The minimum Gasteiger partial charge on any atom is -0.493 e. The first kappa shape index (κ1) is 21.6. The number of carbonyl (C=O) groups is 2. The Hall–Kier alpha value is -2.73. The lowest BCUT2D eigenvalue weighted by Gasteiger charge is -2.30. The van der Waals surface area contributed by atoms with Gasteiger partial charge in [0.25, 0.3) is 5.91 Å². The summed E-state index contributed by atoms with van der Waals surface area (Å²) in [5.74, 6) is 0.495. The van der Waals surface area contributed by atoms with Crippen LogP contribution in [0.25, 0.3) is 0 Å². The van der Waals surface area contributed by atoms with Crippen molar-refractivity contribution in [2.75, 3.05) is 20.8 Å². The Morgan fingerprint density at radius 3 is 2.32 bits per heavy atom. The highest BCUT2D eigenvalue weighted by atomic mass is 35.5. The van der Waals surface area contributed by atoms with E-state index in [1.54, 1.807) is 37.4 Å². The van der Waals surface area contributed by atoms with Crippen LogP contribution in [0.15, 0.2) is 48.5 Å². The number of nitrogens with one attached hydrogen (secondary N) is 1. The van der Waals surface area contributed by atoms with E-state index in [4.69, 9.17) is 21.1 Å². The van der Waals surface area contributed by atoms with Crippen LogP contribution in [-0.2, 0) is 16.1 Å². The van der Waals surface area contributed by atoms with Gasteiger partial charge in [-0.15, -0.1) is 0 Å². The molecule has 2 aromatic rings. The standard InChI is InChI=1S/C21H25ClN2O4/c1-4-17(21(26)23-2)24(13-15-9-11-16(22)12-10-15)20(25)14-28-19-8-6-5-7-18(19)27-3/h5-12,17H,4,13-14H2,1-3H3,(H,23,26)/t17-/m1/s1. The number of benzene rings is 2. The summed E-state index contributed by atoms with van der Waals surface area (Å²) in [4.78, 5) is 26.8. The lowest BCUT2D eigenvalue weighted by molar-refractivity contribution is -0.142. The van der Waals surface area contributed by atoms with Crippen molar-refractivity contribution in [3.63, 3.8) is 0 Å². The van der Waals surface area contributed by atoms with Crippen LogP contribution in [0.4, 0.5) is 0 Å². The van der Waals surface area contributed by atoms with Crippen LogP contribution >= 0.6 is 11.6 Å². The molecule has 0 aliphatic rings. The van der Waals surface area contributed by atoms with Gasteiger partial charge >= 0.3 is 0 Å². The SMILES string of the molecule is CC[C@H](C(=O)NC)N(Cc1ccc(Cl)cc1)C(=O)COc1ccccc1OC. The molecule has 0 saturated carbocycles. The molecule has 6 nitrogen and oxygen atoms in total. The second kappa shape index (κ2) is 10.6. The molecule has 0 bridgehead atoms. The van der Waals surface area contributed by atoms with Gasteiger partial charge in [0.15, 0.2) is 18.1 Å². The third kappa shape index (κ3) is 5.63. The predicted octanol–water partition coefficient (Wildman–Crippen LogP) is 3.28. The summed E-state index contributed by atoms with van der Waals surface area (Å²) < 4.78 is 10.9. The van der Waals surface area contributed by atoms with Gasteiger partial charge in [0, 0.05) is 18.6 Å². The fraction of sp³-hybridized carbons (Fsp3) is 0.333. The van der Waals surface area contributed by atoms with E-state index in [1.165, 1.54) is 12.0 Å². The fourth-order valence-corrected chi connectivity index (χ4v) is 2.96. The van der Waals surface area contributed by atoms with Crippen molar-refractivity contribution in [1.82, 2.24) is 10.2 Å². The van der Waals surface area contributed by atoms with Crippen molar-refractivity contribution in [2.24, 2.45) is 0 Å². The molecule has 2 amide bonds. The molecule has 0 aliphatic heterocycles. The summed E-state index contributed by atoms with van der Waals surface area (Å²) in [6, 6.07) is 13.7. The van der Waals surface area contributed by atoms with Crippen LogP contribution in [0.3, 0.4) is 0 Å². The third-order valence-electron chi connectivity index (χ3n) is 4.32. The summed E-state index contributed by atoms with van der Waals surface area (Å²) in [5, 5.41) is 3.23. The summed E-state index contributed by atoms with van der Waals surface area (Å²) >= 11 is 5.94. The summed E-state index contributed by atoms with van der Waals surface area (Å²) in [7, 11) is 3.09. The topological polar surface area (TPSA) is 67.9 Å². The third-order valence-corrected chi connectivity index (χ3v) is 4.57. The van der Waals surface area contributed by atoms with Gasteiger partial charge in [-0.2, -0.15) is 0 Å². The van der Waals surface area contributed by atoms with E-state index >= 15 is 0 Å². The number of nitrogens with zero attached hydrogens (tertiary/aromatic N) is 1. The first-order chi connectivity index (χ1) is 13.5. The molecule has 0 spiro atoms. The smallest absolute Gasteiger partial charge is 0.261 e. The fourth-order valence-electron chi connectivity index (χ4n) is 2.83. The summed E-state index contributed by atoms with van der Waals surface area (Å²) in [6.45, 7) is 1.93. The molecule has 28 heavy (non-hydrogen) atoms. The van der Waals surface area contributed by atoms with E-state index in [0.717, 1.165) is 5.56 Å².